The smallest absolute Gasteiger partial charge is 0.343 e. The molecule has 3 rings (SSSR count). The summed E-state index contributed by atoms with van der Waals surface area (Å²) in [6.45, 7) is 1.94. The molecule has 0 aliphatic heterocycles. The molecule has 0 atom stereocenters. The maximum atomic E-state index is 12.1. The number of benzene rings is 3. The minimum absolute atomic E-state index is 0.0875. The maximum absolute atomic E-state index is 12.1. The zero-order valence-corrected chi connectivity index (χ0v) is 14.0. The summed E-state index contributed by atoms with van der Waals surface area (Å²) in [5.74, 6) is -0.277. The largest absolute Gasteiger partial charge is 0.508 e. The average Bonchev–Trinajstić information content (AvgIpc) is 2.64. The number of aryl methyl sites for hydroxylation is 1. The molecule has 26 heavy (non-hydrogen) atoms. The van der Waals surface area contributed by atoms with E-state index in [1.54, 1.807) is 12.1 Å². The number of ether oxygens (including phenoxy) is 2. The molecule has 0 aliphatic carbocycles. The van der Waals surface area contributed by atoms with Gasteiger partial charge in [0.05, 0.1) is 11.1 Å². The summed E-state index contributed by atoms with van der Waals surface area (Å²) in [7, 11) is 0. The Bertz CT molecular complexity index is 910. The van der Waals surface area contributed by atoms with Crippen LogP contribution in [0, 0.1) is 6.92 Å². The topological polar surface area (TPSA) is 72.8 Å². The zero-order chi connectivity index (χ0) is 18.5. The van der Waals surface area contributed by atoms with Crippen LogP contribution in [0.25, 0.3) is 0 Å². The van der Waals surface area contributed by atoms with Crippen molar-refractivity contribution in [1.82, 2.24) is 0 Å². The fourth-order valence-corrected chi connectivity index (χ4v) is 2.19. The molecule has 3 aromatic rings. The minimum atomic E-state index is -0.549. The Balaban J connectivity index is 1.64. The molecule has 1 N–H and O–H groups in total. The summed E-state index contributed by atoms with van der Waals surface area (Å²) < 4.78 is 10.5. The van der Waals surface area contributed by atoms with Crippen molar-refractivity contribution >= 4 is 11.9 Å². The number of esters is 2. The molecule has 0 aromatic heterocycles. The van der Waals surface area contributed by atoms with Crippen LogP contribution < -0.4 is 9.47 Å². The van der Waals surface area contributed by atoms with Crippen molar-refractivity contribution in [2.45, 2.75) is 6.92 Å². The number of aromatic hydroxyl groups is 1. The summed E-state index contributed by atoms with van der Waals surface area (Å²) in [5, 5.41) is 9.22. The van der Waals surface area contributed by atoms with E-state index in [2.05, 4.69) is 0 Å². The van der Waals surface area contributed by atoms with Crippen LogP contribution in [-0.2, 0) is 0 Å². The van der Waals surface area contributed by atoms with Gasteiger partial charge >= 0.3 is 11.9 Å². The Kier molecular flexibility index (Phi) is 4.99. The van der Waals surface area contributed by atoms with E-state index in [9.17, 15) is 14.7 Å². The monoisotopic (exact) mass is 348 g/mol. The van der Waals surface area contributed by atoms with Gasteiger partial charge in [0.25, 0.3) is 0 Å². The molecule has 0 fully saturated rings. The quantitative estimate of drug-likeness (QED) is 0.567. The number of hydrogen-bond donors (Lipinski definition) is 1. The van der Waals surface area contributed by atoms with Gasteiger partial charge in [0.15, 0.2) is 0 Å². The number of carbonyl (C=O) groups excluding carboxylic acids is 2. The lowest BCUT2D eigenvalue weighted by Gasteiger charge is -2.07. The molecule has 0 spiro atoms. The molecule has 0 radical (unpaired) electrons. The molecule has 0 unspecified atom stereocenters. The third kappa shape index (κ3) is 4.27. The van der Waals surface area contributed by atoms with E-state index >= 15 is 0 Å². The van der Waals surface area contributed by atoms with Crippen molar-refractivity contribution in [1.29, 1.82) is 0 Å². The molecular weight excluding hydrogens is 332 g/mol. The third-order valence-corrected chi connectivity index (χ3v) is 3.64. The van der Waals surface area contributed by atoms with Crippen molar-refractivity contribution < 1.29 is 24.2 Å². The van der Waals surface area contributed by atoms with Gasteiger partial charge in [-0.2, -0.15) is 0 Å². The fourth-order valence-electron chi connectivity index (χ4n) is 2.19. The molecule has 5 heteroatoms. The van der Waals surface area contributed by atoms with Crippen LogP contribution in [0.4, 0.5) is 0 Å². The number of hydrogen-bond acceptors (Lipinski definition) is 5. The predicted octanol–water partition coefficient (Wildman–Crippen LogP) is 4.14. The van der Waals surface area contributed by atoms with Gasteiger partial charge in [-0.15, -0.1) is 0 Å². The lowest BCUT2D eigenvalue weighted by molar-refractivity contribution is 0.0730. The van der Waals surface area contributed by atoms with Crippen LogP contribution in [0.1, 0.15) is 26.3 Å². The molecule has 3 aromatic carbocycles. The van der Waals surface area contributed by atoms with E-state index in [0.29, 0.717) is 22.6 Å². The highest BCUT2D eigenvalue weighted by Gasteiger charge is 2.11. The molecular formula is C21H16O5. The third-order valence-electron chi connectivity index (χ3n) is 3.64. The minimum Gasteiger partial charge on any atom is -0.508 e. The van der Waals surface area contributed by atoms with E-state index < -0.39 is 11.9 Å². The number of phenolic OH excluding ortho intramolecular Hbond substituents is 1. The van der Waals surface area contributed by atoms with Gasteiger partial charge in [0.1, 0.15) is 17.2 Å². The van der Waals surface area contributed by atoms with Gasteiger partial charge in [-0.25, -0.2) is 9.59 Å². The van der Waals surface area contributed by atoms with Gasteiger partial charge in [-0.05, 0) is 67.6 Å². The SMILES string of the molecule is Cc1ccc(C(=O)Oc2ccc(C(=O)Oc3ccc(O)cc3)cc2)cc1. The molecule has 0 bridgehead atoms. The summed E-state index contributed by atoms with van der Waals surface area (Å²) >= 11 is 0. The Morgan fingerprint density at radius 1 is 0.654 bits per heavy atom. The Hall–Kier alpha value is -3.60. The first kappa shape index (κ1) is 17.2. The summed E-state index contributed by atoms with van der Waals surface area (Å²) in [6, 6.07) is 19.0. The van der Waals surface area contributed by atoms with Crippen molar-refractivity contribution in [2.75, 3.05) is 0 Å². The van der Waals surface area contributed by atoms with Gasteiger partial charge in [0.2, 0.25) is 0 Å². The molecule has 0 amide bonds. The summed E-state index contributed by atoms with van der Waals surface area (Å²) in [5.41, 5.74) is 1.82. The van der Waals surface area contributed by atoms with E-state index in [0.717, 1.165) is 5.56 Å². The van der Waals surface area contributed by atoms with Gasteiger partial charge < -0.3 is 14.6 Å². The molecule has 5 nitrogen and oxygen atoms in total. The van der Waals surface area contributed by atoms with E-state index in [4.69, 9.17) is 9.47 Å². The van der Waals surface area contributed by atoms with Crippen LogP contribution in [0.15, 0.2) is 72.8 Å². The summed E-state index contributed by atoms with van der Waals surface area (Å²) in [6.07, 6.45) is 0. The first-order valence-corrected chi connectivity index (χ1v) is 7.91. The van der Waals surface area contributed by atoms with Gasteiger partial charge in [-0.1, -0.05) is 17.7 Å². The van der Waals surface area contributed by atoms with Crippen molar-refractivity contribution in [3.8, 4) is 17.2 Å². The highest BCUT2D eigenvalue weighted by atomic mass is 16.5. The van der Waals surface area contributed by atoms with Crippen LogP contribution in [0.5, 0.6) is 17.2 Å². The number of phenols is 1. The second-order valence-corrected chi connectivity index (χ2v) is 5.66. The van der Waals surface area contributed by atoms with Gasteiger partial charge in [-0.3, -0.25) is 0 Å². The van der Waals surface area contributed by atoms with E-state index in [1.165, 1.54) is 48.5 Å². The Morgan fingerprint density at radius 2 is 1.04 bits per heavy atom. The highest BCUT2D eigenvalue weighted by molar-refractivity contribution is 5.92. The number of rotatable bonds is 4. The standard InChI is InChI=1S/C21H16O5/c1-14-2-4-15(5-3-14)20(23)25-18-10-6-16(7-11-18)21(24)26-19-12-8-17(22)9-13-19/h2-13,22H,1H3. The normalized spacial score (nSPS) is 10.2. The predicted molar refractivity (Wildman–Crippen MR) is 95.6 cm³/mol. The Morgan fingerprint density at radius 3 is 1.50 bits per heavy atom. The van der Waals surface area contributed by atoms with Crippen LogP contribution in [0.3, 0.4) is 0 Å². The first-order valence-electron chi connectivity index (χ1n) is 7.91. The van der Waals surface area contributed by atoms with Crippen molar-refractivity contribution in [3.63, 3.8) is 0 Å². The van der Waals surface area contributed by atoms with E-state index in [1.807, 2.05) is 19.1 Å². The number of carbonyl (C=O) groups is 2. The Labute approximate surface area is 150 Å². The van der Waals surface area contributed by atoms with Crippen LogP contribution >= 0.6 is 0 Å². The second-order valence-electron chi connectivity index (χ2n) is 5.66. The van der Waals surface area contributed by atoms with Crippen LogP contribution in [0.2, 0.25) is 0 Å². The lowest BCUT2D eigenvalue weighted by atomic mass is 10.1. The molecule has 0 saturated carbocycles. The zero-order valence-electron chi connectivity index (χ0n) is 14.0. The molecule has 0 saturated heterocycles. The fraction of sp³-hybridized carbons (Fsp3) is 0.0476. The van der Waals surface area contributed by atoms with Crippen LogP contribution in [-0.4, -0.2) is 17.0 Å². The van der Waals surface area contributed by atoms with E-state index in [-0.39, 0.29) is 5.75 Å². The lowest BCUT2D eigenvalue weighted by Crippen LogP contribution is -2.10. The first-order chi connectivity index (χ1) is 12.5. The maximum Gasteiger partial charge on any atom is 0.343 e. The van der Waals surface area contributed by atoms with Gasteiger partial charge in [0, 0.05) is 0 Å². The molecule has 0 aliphatic rings. The second kappa shape index (κ2) is 7.53. The molecule has 130 valence electrons. The average molecular weight is 348 g/mol. The van der Waals surface area contributed by atoms with Crippen molar-refractivity contribution in [3.05, 3.63) is 89.5 Å². The summed E-state index contributed by atoms with van der Waals surface area (Å²) in [4.78, 5) is 24.2. The van der Waals surface area contributed by atoms with Crippen molar-refractivity contribution in [2.24, 2.45) is 0 Å². The highest BCUT2D eigenvalue weighted by Crippen LogP contribution is 2.19. The molecule has 0 heterocycles.